The molecule has 0 amide bonds. The van der Waals surface area contributed by atoms with Gasteiger partial charge in [0, 0.05) is 11.8 Å². The lowest BCUT2D eigenvalue weighted by atomic mass is 10.1. The quantitative estimate of drug-likeness (QED) is 0.776. The number of hydrogen-bond donors (Lipinski definition) is 0. The van der Waals surface area contributed by atoms with Gasteiger partial charge in [-0.15, -0.1) is 0 Å². The van der Waals surface area contributed by atoms with E-state index >= 15 is 0 Å². The topological polar surface area (TPSA) is 25.8 Å². The highest BCUT2D eigenvalue weighted by Crippen LogP contribution is 2.19. The van der Waals surface area contributed by atoms with Crippen LogP contribution in [0.2, 0.25) is 0 Å². The van der Waals surface area contributed by atoms with Gasteiger partial charge in [-0.1, -0.05) is 44.2 Å². The monoisotopic (exact) mass is 212 g/mol. The smallest absolute Gasteiger partial charge is 0.0885 e. The lowest BCUT2D eigenvalue weighted by molar-refractivity contribution is 0.703. The van der Waals surface area contributed by atoms with Crippen molar-refractivity contribution in [1.82, 2.24) is 9.97 Å². The minimum Gasteiger partial charge on any atom is -0.257 e. The minimum atomic E-state index is 0.484. The maximum absolute atomic E-state index is 4.46. The fourth-order valence-corrected chi connectivity index (χ4v) is 1.56. The summed E-state index contributed by atoms with van der Waals surface area (Å²) in [7, 11) is 0. The summed E-state index contributed by atoms with van der Waals surface area (Å²) in [6, 6.07) is 10.1. The predicted molar refractivity (Wildman–Crippen MR) is 66.2 cm³/mol. The van der Waals surface area contributed by atoms with Gasteiger partial charge in [0.05, 0.1) is 17.6 Å². The van der Waals surface area contributed by atoms with Crippen LogP contribution in [0.4, 0.5) is 0 Å². The molecule has 2 heteroatoms. The zero-order valence-corrected chi connectivity index (χ0v) is 9.72. The molecule has 0 aliphatic heterocycles. The molecule has 0 fully saturated rings. The first kappa shape index (κ1) is 10.8. The summed E-state index contributed by atoms with van der Waals surface area (Å²) in [5.74, 6) is 0.484. The summed E-state index contributed by atoms with van der Waals surface area (Å²) in [5.41, 5.74) is 3.13. The van der Waals surface area contributed by atoms with Crippen molar-refractivity contribution < 1.29 is 0 Å². The SMILES string of the molecule is CCC(C)c1cnc(-c2ccccc2)cn1. The van der Waals surface area contributed by atoms with Crippen LogP contribution in [0.25, 0.3) is 11.3 Å². The largest absolute Gasteiger partial charge is 0.257 e. The molecule has 0 bridgehead atoms. The third kappa shape index (κ3) is 2.27. The van der Waals surface area contributed by atoms with Crippen LogP contribution < -0.4 is 0 Å². The van der Waals surface area contributed by atoms with Gasteiger partial charge in [0.2, 0.25) is 0 Å². The normalized spacial score (nSPS) is 12.4. The second-order valence-electron chi connectivity index (χ2n) is 4.00. The maximum atomic E-state index is 4.46. The van der Waals surface area contributed by atoms with Crippen molar-refractivity contribution in [3.05, 3.63) is 48.4 Å². The Labute approximate surface area is 96.4 Å². The van der Waals surface area contributed by atoms with Gasteiger partial charge in [-0.3, -0.25) is 9.97 Å². The summed E-state index contributed by atoms with van der Waals surface area (Å²) in [6.07, 6.45) is 4.84. The van der Waals surface area contributed by atoms with E-state index in [4.69, 9.17) is 0 Å². The van der Waals surface area contributed by atoms with Crippen molar-refractivity contribution >= 4 is 0 Å². The molecule has 2 rings (SSSR count). The zero-order chi connectivity index (χ0) is 11.4. The Kier molecular flexibility index (Phi) is 3.30. The van der Waals surface area contributed by atoms with Gasteiger partial charge < -0.3 is 0 Å². The molecule has 0 spiro atoms. The molecule has 0 aliphatic rings. The highest BCUT2D eigenvalue weighted by molar-refractivity contribution is 5.57. The first-order chi connectivity index (χ1) is 7.81. The van der Waals surface area contributed by atoms with Crippen molar-refractivity contribution in [1.29, 1.82) is 0 Å². The molecule has 2 aromatic rings. The van der Waals surface area contributed by atoms with Gasteiger partial charge in [-0.05, 0) is 12.3 Å². The van der Waals surface area contributed by atoms with Gasteiger partial charge in [-0.2, -0.15) is 0 Å². The van der Waals surface area contributed by atoms with Crippen molar-refractivity contribution in [3.8, 4) is 11.3 Å². The number of nitrogens with zero attached hydrogens (tertiary/aromatic N) is 2. The van der Waals surface area contributed by atoms with E-state index < -0.39 is 0 Å². The molecular weight excluding hydrogens is 196 g/mol. The van der Waals surface area contributed by atoms with E-state index in [9.17, 15) is 0 Å². The Hall–Kier alpha value is -1.70. The highest BCUT2D eigenvalue weighted by Gasteiger charge is 2.05. The second kappa shape index (κ2) is 4.88. The van der Waals surface area contributed by atoms with Crippen LogP contribution in [0.3, 0.4) is 0 Å². The van der Waals surface area contributed by atoms with Crippen LogP contribution in [0.1, 0.15) is 31.9 Å². The van der Waals surface area contributed by atoms with Crippen LogP contribution in [0, 0.1) is 0 Å². The average Bonchev–Trinajstić information content (AvgIpc) is 2.39. The van der Waals surface area contributed by atoms with Crippen molar-refractivity contribution in [2.45, 2.75) is 26.2 Å². The number of rotatable bonds is 3. The Morgan fingerprint density at radius 3 is 2.38 bits per heavy atom. The molecule has 0 aliphatic carbocycles. The third-order valence-electron chi connectivity index (χ3n) is 2.86. The number of hydrogen-bond acceptors (Lipinski definition) is 2. The Morgan fingerprint density at radius 1 is 1.06 bits per heavy atom. The maximum Gasteiger partial charge on any atom is 0.0885 e. The van der Waals surface area contributed by atoms with Gasteiger partial charge in [0.25, 0.3) is 0 Å². The van der Waals surface area contributed by atoms with E-state index in [1.54, 1.807) is 0 Å². The van der Waals surface area contributed by atoms with E-state index in [0.717, 1.165) is 23.4 Å². The first-order valence-corrected chi connectivity index (χ1v) is 5.68. The molecule has 16 heavy (non-hydrogen) atoms. The molecule has 82 valence electrons. The molecule has 1 heterocycles. The molecular formula is C14H16N2. The number of aromatic nitrogens is 2. The molecule has 0 radical (unpaired) electrons. The molecule has 0 saturated carbocycles. The number of benzene rings is 1. The molecule has 1 unspecified atom stereocenters. The minimum absolute atomic E-state index is 0.484. The highest BCUT2D eigenvalue weighted by atomic mass is 14.8. The van der Waals surface area contributed by atoms with E-state index in [1.807, 2.05) is 42.7 Å². The molecule has 1 aromatic heterocycles. The van der Waals surface area contributed by atoms with Crippen molar-refractivity contribution in [2.24, 2.45) is 0 Å². The molecule has 1 atom stereocenters. The zero-order valence-electron chi connectivity index (χ0n) is 9.72. The first-order valence-electron chi connectivity index (χ1n) is 5.68. The van der Waals surface area contributed by atoms with Crippen LogP contribution in [-0.2, 0) is 0 Å². The Bertz CT molecular complexity index is 434. The van der Waals surface area contributed by atoms with E-state index in [2.05, 4.69) is 23.8 Å². The van der Waals surface area contributed by atoms with E-state index in [0.29, 0.717) is 5.92 Å². The third-order valence-corrected chi connectivity index (χ3v) is 2.86. The lowest BCUT2D eigenvalue weighted by Gasteiger charge is -2.07. The van der Waals surface area contributed by atoms with Crippen LogP contribution in [0.15, 0.2) is 42.7 Å². The van der Waals surface area contributed by atoms with Gasteiger partial charge >= 0.3 is 0 Å². The molecule has 1 aromatic carbocycles. The molecule has 0 N–H and O–H groups in total. The van der Waals surface area contributed by atoms with Gasteiger partial charge in [0.15, 0.2) is 0 Å². The van der Waals surface area contributed by atoms with E-state index in [1.165, 1.54) is 0 Å². The van der Waals surface area contributed by atoms with Crippen LogP contribution in [0.5, 0.6) is 0 Å². The summed E-state index contributed by atoms with van der Waals surface area (Å²) >= 11 is 0. The van der Waals surface area contributed by atoms with Gasteiger partial charge in [-0.25, -0.2) is 0 Å². The lowest BCUT2D eigenvalue weighted by Crippen LogP contribution is -1.97. The predicted octanol–water partition coefficient (Wildman–Crippen LogP) is 3.66. The van der Waals surface area contributed by atoms with Crippen molar-refractivity contribution in [3.63, 3.8) is 0 Å². The average molecular weight is 212 g/mol. The summed E-state index contributed by atoms with van der Waals surface area (Å²) in [5, 5.41) is 0. The second-order valence-corrected chi connectivity index (χ2v) is 4.00. The Balaban J connectivity index is 2.26. The summed E-state index contributed by atoms with van der Waals surface area (Å²) in [4.78, 5) is 8.92. The summed E-state index contributed by atoms with van der Waals surface area (Å²) in [6.45, 7) is 4.34. The van der Waals surface area contributed by atoms with E-state index in [-0.39, 0.29) is 0 Å². The molecule has 2 nitrogen and oxygen atoms in total. The fourth-order valence-electron chi connectivity index (χ4n) is 1.56. The van der Waals surface area contributed by atoms with Gasteiger partial charge in [0.1, 0.15) is 0 Å². The fraction of sp³-hybridized carbons (Fsp3) is 0.286. The van der Waals surface area contributed by atoms with Crippen molar-refractivity contribution in [2.75, 3.05) is 0 Å². The Morgan fingerprint density at radius 2 is 1.81 bits per heavy atom. The summed E-state index contributed by atoms with van der Waals surface area (Å²) < 4.78 is 0. The van der Waals surface area contributed by atoms with Crippen LogP contribution in [-0.4, -0.2) is 9.97 Å². The standard InChI is InChI=1S/C14H16N2/c1-3-11(2)13-9-16-14(10-15-13)12-7-5-4-6-8-12/h4-11H,3H2,1-2H3. The molecule has 0 saturated heterocycles. The van der Waals surface area contributed by atoms with Crippen LogP contribution >= 0.6 is 0 Å².